The van der Waals surface area contributed by atoms with E-state index in [4.69, 9.17) is 0 Å². The van der Waals surface area contributed by atoms with Gasteiger partial charge in [0.05, 0.1) is 5.75 Å². The summed E-state index contributed by atoms with van der Waals surface area (Å²) in [5.41, 5.74) is 0. The first-order chi connectivity index (χ1) is 13.7. The highest BCUT2D eigenvalue weighted by Crippen LogP contribution is 2.33. The number of aromatic nitrogens is 3. The monoisotopic (exact) mass is 418 g/mol. The largest absolute Gasteiger partial charge is 0.342 e. The van der Waals surface area contributed by atoms with Gasteiger partial charge in [-0.3, -0.25) is 4.79 Å². The summed E-state index contributed by atoms with van der Waals surface area (Å²) in [5.74, 6) is 2.38. The van der Waals surface area contributed by atoms with Gasteiger partial charge in [0.2, 0.25) is 5.91 Å². The number of piperidine rings is 1. The third kappa shape index (κ3) is 4.79. The lowest BCUT2D eigenvalue weighted by Gasteiger charge is -2.31. The molecule has 5 nitrogen and oxygen atoms in total. The van der Waals surface area contributed by atoms with E-state index in [-0.39, 0.29) is 5.91 Å². The summed E-state index contributed by atoms with van der Waals surface area (Å²) in [6.07, 6.45) is 9.46. The number of carbonyl (C=O) groups excluding carboxylic acids is 1. The SMILES string of the molecule is C[C@@H]1CCCN(C(=O)CSc2nnc(Cc3cccs3)n2C2CCCCC2)C1. The highest BCUT2D eigenvalue weighted by molar-refractivity contribution is 7.99. The van der Waals surface area contributed by atoms with Crippen LogP contribution in [0.4, 0.5) is 0 Å². The molecule has 0 aromatic carbocycles. The molecular formula is C21H30N4OS2. The van der Waals surface area contributed by atoms with Gasteiger partial charge in [-0.2, -0.15) is 0 Å². The second-order valence-corrected chi connectivity index (χ2v) is 10.2. The normalized spacial score (nSPS) is 21.2. The molecule has 3 heterocycles. The third-order valence-corrected chi connectivity index (χ3v) is 7.73. The standard InChI is InChI=1S/C21H30N4OS2/c1-16-7-5-11-24(14-16)20(26)15-28-21-23-22-19(13-18-10-6-12-27-18)25(21)17-8-3-2-4-9-17/h6,10,12,16-17H,2-5,7-9,11,13-15H2,1H3/t16-/m1/s1. The lowest BCUT2D eigenvalue weighted by Crippen LogP contribution is -2.40. The van der Waals surface area contributed by atoms with Gasteiger partial charge in [0.25, 0.3) is 0 Å². The van der Waals surface area contributed by atoms with Crippen LogP contribution in [0.3, 0.4) is 0 Å². The summed E-state index contributed by atoms with van der Waals surface area (Å²) in [4.78, 5) is 16.1. The van der Waals surface area contributed by atoms with Crippen molar-refractivity contribution in [1.82, 2.24) is 19.7 Å². The van der Waals surface area contributed by atoms with Crippen molar-refractivity contribution in [1.29, 1.82) is 0 Å². The lowest BCUT2D eigenvalue weighted by atomic mass is 9.95. The van der Waals surface area contributed by atoms with E-state index >= 15 is 0 Å². The van der Waals surface area contributed by atoms with Crippen molar-refractivity contribution in [2.75, 3.05) is 18.8 Å². The van der Waals surface area contributed by atoms with Crippen LogP contribution >= 0.6 is 23.1 Å². The lowest BCUT2D eigenvalue weighted by molar-refractivity contribution is -0.130. The van der Waals surface area contributed by atoms with Gasteiger partial charge in [-0.25, -0.2) is 0 Å². The molecule has 1 amide bonds. The van der Waals surface area contributed by atoms with Gasteiger partial charge in [0.1, 0.15) is 5.82 Å². The number of amides is 1. The first kappa shape index (κ1) is 20.0. The van der Waals surface area contributed by atoms with E-state index < -0.39 is 0 Å². The average molecular weight is 419 g/mol. The molecule has 2 aliphatic rings. The maximum atomic E-state index is 12.7. The minimum atomic E-state index is 0.245. The molecule has 0 spiro atoms. The minimum absolute atomic E-state index is 0.245. The Morgan fingerprint density at radius 1 is 1.21 bits per heavy atom. The van der Waals surface area contributed by atoms with Crippen molar-refractivity contribution in [2.45, 2.75) is 69.5 Å². The molecule has 0 radical (unpaired) electrons. The molecule has 1 atom stereocenters. The summed E-state index contributed by atoms with van der Waals surface area (Å²) in [5, 5.41) is 12.1. The van der Waals surface area contributed by atoms with Crippen LogP contribution in [0.1, 0.15) is 68.6 Å². The topological polar surface area (TPSA) is 51.0 Å². The molecule has 0 N–H and O–H groups in total. The fraction of sp³-hybridized carbons (Fsp3) is 0.667. The van der Waals surface area contributed by atoms with Crippen molar-refractivity contribution in [3.63, 3.8) is 0 Å². The minimum Gasteiger partial charge on any atom is -0.342 e. The van der Waals surface area contributed by atoms with Gasteiger partial charge in [-0.05, 0) is 43.0 Å². The molecule has 28 heavy (non-hydrogen) atoms. The van der Waals surface area contributed by atoms with Gasteiger partial charge in [0.15, 0.2) is 5.16 Å². The van der Waals surface area contributed by atoms with E-state index in [0.717, 1.165) is 36.9 Å². The first-order valence-corrected chi connectivity index (χ1v) is 12.4. The Bertz CT molecular complexity index is 767. The second-order valence-electron chi connectivity index (χ2n) is 8.19. The summed E-state index contributed by atoms with van der Waals surface area (Å²) in [6.45, 7) is 4.05. The number of hydrogen-bond acceptors (Lipinski definition) is 5. The molecule has 4 rings (SSSR count). The van der Waals surface area contributed by atoms with Crippen LogP contribution in [0.15, 0.2) is 22.7 Å². The molecule has 1 saturated carbocycles. The van der Waals surface area contributed by atoms with E-state index in [1.807, 2.05) is 4.90 Å². The van der Waals surface area contributed by atoms with E-state index in [2.05, 4.69) is 39.2 Å². The zero-order valence-corrected chi connectivity index (χ0v) is 18.3. The van der Waals surface area contributed by atoms with Crippen LogP contribution in [-0.2, 0) is 11.2 Å². The Morgan fingerprint density at radius 3 is 2.82 bits per heavy atom. The average Bonchev–Trinajstić information content (AvgIpc) is 3.37. The molecule has 1 aliphatic carbocycles. The maximum Gasteiger partial charge on any atom is 0.233 e. The van der Waals surface area contributed by atoms with E-state index in [9.17, 15) is 4.79 Å². The Labute approximate surface area is 175 Å². The van der Waals surface area contributed by atoms with Gasteiger partial charge in [0, 0.05) is 30.4 Å². The highest BCUT2D eigenvalue weighted by Gasteiger charge is 2.25. The van der Waals surface area contributed by atoms with Crippen molar-refractivity contribution in [3.05, 3.63) is 28.2 Å². The van der Waals surface area contributed by atoms with E-state index in [1.54, 1.807) is 23.1 Å². The number of nitrogens with zero attached hydrogens (tertiary/aromatic N) is 4. The smallest absolute Gasteiger partial charge is 0.233 e. The van der Waals surface area contributed by atoms with Gasteiger partial charge < -0.3 is 9.47 Å². The molecule has 1 aliphatic heterocycles. The second kappa shape index (κ2) is 9.44. The summed E-state index contributed by atoms with van der Waals surface area (Å²) >= 11 is 3.35. The van der Waals surface area contributed by atoms with Crippen LogP contribution in [0.5, 0.6) is 0 Å². The number of thioether (sulfide) groups is 1. The van der Waals surface area contributed by atoms with Crippen LogP contribution in [0.25, 0.3) is 0 Å². The molecule has 2 aromatic heterocycles. The summed E-state index contributed by atoms with van der Waals surface area (Å²) in [7, 11) is 0. The predicted molar refractivity (Wildman–Crippen MR) is 115 cm³/mol. The predicted octanol–water partition coefficient (Wildman–Crippen LogP) is 4.79. The molecule has 0 bridgehead atoms. The van der Waals surface area contributed by atoms with Gasteiger partial charge in [-0.1, -0.05) is 44.0 Å². The Kier molecular flexibility index (Phi) is 6.73. The van der Waals surface area contributed by atoms with Crippen LogP contribution in [0, 0.1) is 5.92 Å². The third-order valence-electron chi connectivity index (χ3n) is 5.92. The van der Waals surface area contributed by atoms with Crippen molar-refractivity contribution >= 4 is 29.0 Å². The van der Waals surface area contributed by atoms with Gasteiger partial charge in [-0.15, -0.1) is 21.5 Å². The maximum absolute atomic E-state index is 12.7. The van der Waals surface area contributed by atoms with Crippen LogP contribution < -0.4 is 0 Å². The fourth-order valence-electron chi connectivity index (χ4n) is 4.43. The number of carbonyl (C=O) groups is 1. The van der Waals surface area contributed by atoms with Crippen molar-refractivity contribution in [3.8, 4) is 0 Å². The Balaban J connectivity index is 1.47. The van der Waals surface area contributed by atoms with E-state index in [0.29, 0.717) is 17.7 Å². The Hall–Kier alpha value is -1.34. The highest BCUT2D eigenvalue weighted by atomic mass is 32.2. The summed E-state index contributed by atoms with van der Waals surface area (Å²) in [6, 6.07) is 4.74. The summed E-state index contributed by atoms with van der Waals surface area (Å²) < 4.78 is 2.36. The van der Waals surface area contributed by atoms with E-state index in [1.165, 1.54) is 43.4 Å². The Morgan fingerprint density at radius 2 is 2.07 bits per heavy atom. The molecule has 2 aromatic rings. The quantitative estimate of drug-likeness (QED) is 0.633. The molecule has 7 heteroatoms. The van der Waals surface area contributed by atoms with Crippen LogP contribution in [-0.4, -0.2) is 44.4 Å². The zero-order valence-electron chi connectivity index (χ0n) is 16.7. The first-order valence-electron chi connectivity index (χ1n) is 10.6. The molecule has 0 unspecified atom stereocenters. The van der Waals surface area contributed by atoms with Crippen molar-refractivity contribution in [2.24, 2.45) is 5.92 Å². The van der Waals surface area contributed by atoms with Crippen molar-refractivity contribution < 1.29 is 4.79 Å². The molecular weight excluding hydrogens is 388 g/mol. The van der Waals surface area contributed by atoms with Gasteiger partial charge >= 0.3 is 0 Å². The molecule has 1 saturated heterocycles. The number of thiophene rings is 1. The number of likely N-dealkylation sites (tertiary alicyclic amines) is 1. The number of rotatable bonds is 6. The van der Waals surface area contributed by atoms with Crippen LogP contribution in [0.2, 0.25) is 0 Å². The fourth-order valence-corrected chi connectivity index (χ4v) is 6.06. The number of hydrogen-bond donors (Lipinski definition) is 0. The molecule has 2 fully saturated rings. The zero-order chi connectivity index (χ0) is 19.3. The molecule has 152 valence electrons.